The van der Waals surface area contributed by atoms with Gasteiger partial charge in [0, 0.05) is 29.7 Å². The fourth-order valence-corrected chi connectivity index (χ4v) is 4.52. The van der Waals surface area contributed by atoms with E-state index in [1.54, 1.807) is 45.2 Å². The highest BCUT2D eigenvalue weighted by molar-refractivity contribution is 7.94. The van der Waals surface area contributed by atoms with Crippen LogP contribution in [0.1, 0.15) is 45.2 Å². The van der Waals surface area contributed by atoms with E-state index in [0.29, 0.717) is 40.0 Å². The zero-order valence-electron chi connectivity index (χ0n) is 20.3. The minimum Gasteiger partial charge on any atom is -0.340 e. The molecule has 10 nitrogen and oxygen atoms in total. The Bertz CT molecular complexity index is 1300. The van der Waals surface area contributed by atoms with Crippen LogP contribution in [-0.4, -0.2) is 46.0 Å². The van der Waals surface area contributed by atoms with Crippen LogP contribution >= 0.6 is 11.6 Å². The number of rotatable bonds is 7. The average Bonchev–Trinajstić information content (AvgIpc) is 3.26. The summed E-state index contributed by atoms with van der Waals surface area (Å²) in [5.41, 5.74) is 1.74. The van der Waals surface area contributed by atoms with Gasteiger partial charge in [-0.25, -0.2) is 13.4 Å². The lowest BCUT2D eigenvalue weighted by Crippen LogP contribution is -2.33. The molecule has 12 heteroatoms. The van der Waals surface area contributed by atoms with Gasteiger partial charge in [-0.3, -0.25) is 9.40 Å². The molecule has 4 N–H and O–H groups in total. The zero-order valence-corrected chi connectivity index (χ0v) is 21.8. The number of halogens is 1. The third-order valence-electron chi connectivity index (χ3n) is 5.78. The average molecular weight is 519 g/mol. The van der Waals surface area contributed by atoms with Crippen molar-refractivity contribution in [1.29, 1.82) is 0 Å². The van der Waals surface area contributed by atoms with E-state index < -0.39 is 14.8 Å². The first-order chi connectivity index (χ1) is 16.5. The normalized spacial score (nSPS) is 15.1. The summed E-state index contributed by atoms with van der Waals surface area (Å²) < 4.78 is 28.8. The van der Waals surface area contributed by atoms with Gasteiger partial charge in [0.05, 0.1) is 21.5 Å². The quantitative estimate of drug-likeness (QED) is 0.358. The topological polar surface area (TPSA) is 126 Å². The molecule has 1 aromatic carbocycles. The van der Waals surface area contributed by atoms with Crippen LogP contribution in [0.3, 0.4) is 0 Å². The fourth-order valence-electron chi connectivity index (χ4n) is 3.54. The first-order valence-electron chi connectivity index (χ1n) is 11.5. The second-order valence-corrected chi connectivity index (χ2v) is 12.4. The molecule has 1 aliphatic rings. The molecule has 1 aliphatic heterocycles. The van der Waals surface area contributed by atoms with Crippen molar-refractivity contribution in [3.05, 3.63) is 47.2 Å². The molecule has 0 radical (unpaired) electrons. The van der Waals surface area contributed by atoms with E-state index in [4.69, 9.17) is 11.6 Å². The van der Waals surface area contributed by atoms with E-state index >= 15 is 0 Å². The Morgan fingerprint density at radius 2 is 1.89 bits per heavy atom. The summed E-state index contributed by atoms with van der Waals surface area (Å²) >= 11 is 6.26. The maximum absolute atomic E-state index is 12.6. The van der Waals surface area contributed by atoms with Crippen molar-refractivity contribution in [3.63, 3.8) is 0 Å². The lowest BCUT2D eigenvalue weighted by Gasteiger charge is -2.22. The van der Waals surface area contributed by atoms with Crippen molar-refractivity contribution in [2.75, 3.05) is 28.4 Å². The number of hydrogen-bond donors (Lipinski definition) is 4. The fraction of sp³-hybridized carbons (Fsp3) is 0.435. The van der Waals surface area contributed by atoms with Crippen LogP contribution in [0, 0.1) is 6.92 Å². The Morgan fingerprint density at radius 3 is 2.60 bits per heavy atom. The summed E-state index contributed by atoms with van der Waals surface area (Å²) in [6.07, 6.45) is 5.77. The van der Waals surface area contributed by atoms with Crippen molar-refractivity contribution in [3.8, 4) is 0 Å². The second kappa shape index (κ2) is 10.00. The van der Waals surface area contributed by atoms with Crippen molar-refractivity contribution >= 4 is 50.6 Å². The number of aryl methyl sites for hydroxylation is 1. The largest absolute Gasteiger partial charge is 0.340 e. The minimum atomic E-state index is -3.63. The third kappa shape index (κ3) is 6.03. The molecular weight excluding hydrogens is 488 g/mol. The maximum atomic E-state index is 12.6. The number of hydrogen-bond acceptors (Lipinski definition) is 8. The van der Waals surface area contributed by atoms with Gasteiger partial charge in [0.25, 0.3) is 0 Å². The van der Waals surface area contributed by atoms with Gasteiger partial charge in [0.2, 0.25) is 16.0 Å². The van der Waals surface area contributed by atoms with Crippen LogP contribution in [0.2, 0.25) is 5.02 Å². The number of anilines is 5. The molecule has 1 saturated heterocycles. The number of benzene rings is 1. The predicted octanol–water partition coefficient (Wildman–Crippen LogP) is 4.59. The standard InChI is InChI=1S/C23H31ClN8O2S/c1-15-14-26-22(28-20-9-12-32(30-20)17-7-10-25-11-8-17)29-21(15)27-16-5-6-18(24)19(13-16)31-35(33,34)23(2,3)4/h5-6,9,12-14,17,25,31H,7-8,10-11H2,1-4H3,(H2,26,27,28,29,30). The van der Waals surface area contributed by atoms with Crippen molar-refractivity contribution in [2.24, 2.45) is 0 Å². The number of aromatic nitrogens is 4. The smallest absolute Gasteiger partial charge is 0.237 e. The van der Waals surface area contributed by atoms with Gasteiger partial charge < -0.3 is 16.0 Å². The second-order valence-electron chi connectivity index (χ2n) is 9.55. The van der Waals surface area contributed by atoms with Crippen molar-refractivity contribution < 1.29 is 8.42 Å². The van der Waals surface area contributed by atoms with Crippen LogP contribution in [0.15, 0.2) is 36.7 Å². The first kappa shape index (κ1) is 25.2. The molecule has 188 valence electrons. The van der Waals surface area contributed by atoms with Crippen LogP contribution in [-0.2, 0) is 10.0 Å². The molecule has 0 aliphatic carbocycles. The van der Waals surface area contributed by atoms with E-state index in [0.717, 1.165) is 31.5 Å². The highest BCUT2D eigenvalue weighted by Crippen LogP contribution is 2.31. The van der Waals surface area contributed by atoms with E-state index in [2.05, 4.69) is 35.7 Å². The molecule has 0 spiro atoms. The SMILES string of the molecule is Cc1cnc(Nc2ccn(C3CCNCC3)n2)nc1Nc1ccc(Cl)c(NS(=O)(=O)C(C)(C)C)c1. The molecule has 0 unspecified atom stereocenters. The summed E-state index contributed by atoms with van der Waals surface area (Å²) in [4.78, 5) is 8.96. The van der Waals surface area contributed by atoms with Gasteiger partial charge >= 0.3 is 0 Å². The molecule has 0 bridgehead atoms. The third-order valence-corrected chi connectivity index (χ3v) is 8.21. The van der Waals surface area contributed by atoms with E-state index in [-0.39, 0.29) is 0 Å². The summed E-state index contributed by atoms with van der Waals surface area (Å²) in [6, 6.07) is 7.32. The number of nitrogens with one attached hydrogen (secondary N) is 4. The first-order valence-corrected chi connectivity index (χ1v) is 13.3. The Balaban J connectivity index is 1.50. The van der Waals surface area contributed by atoms with E-state index in [1.165, 1.54) is 0 Å². The van der Waals surface area contributed by atoms with Gasteiger partial charge in [-0.1, -0.05) is 11.6 Å². The molecule has 2 aromatic heterocycles. The molecule has 3 aromatic rings. The van der Waals surface area contributed by atoms with Gasteiger partial charge in [-0.2, -0.15) is 10.1 Å². The monoisotopic (exact) mass is 518 g/mol. The molecule has 1 fully saturated rings. The van der Waals surface area contributed by atoms with Gasteiger partial charge in [0.15, 0.2) is 5.82 Å². The summed E-state index contributed by atoms with van der Waals surface area (Å²) in [6.45, 7) is 8.75. The molecule has 3 heterocycles. The van der Waals surface area contributed by atoms with Crippen LogP contribution in [0.4, 0.5) is 29.0 Å². The van der Waals surface area contributed by atoms with E-state index in [1.807, 2.05) is 23.9 Å². The Kier molecular flexibility index (Phi) is 7.20. The Hall–Kier alpha value is -2.89. The van der Waals surface area contributed by atoms with Crippen LogP contribution < -0.4 is 20.7 Å². The summed E-state index contributed by atoms with van der Waals surface area (Å²) in [5, 5.41) is 14.7. The molecule has 0 atom stereocenters. The summed E-state index contributed by atoms with van der Waals surface area (Å²) in [7, 11) is -3.63. The van der Waals surface area contributed by atoms with Gasteiger partial charge in [-0.05, 0) is 71.8 Å². The highest BCUT2D eigenvalue weighted by atomic mass is 35.5. The van der Waals surface area contributed by atoms with Gasteiger partial charge in [-0.15, -0.1) is 0 Å². The molecule has 35 heavy (non-hydrogen) atoms. The number of nitrogens with zero attached hydrogens (tertiary/aromatic N) is 4. The summed E-state index contributed by atoms with van der Waals surface area (Å²) in [5.74, 6) is 1.65. The molecule has 4 rings (SSSR count). The Morgan fingerprint density at radius 1 is 1.14 bits per heavy atom. The number of sulfonamides is 1. The Labute approximate surface area is 210 Å². The number of piperidine rings is 1. The predicted molar refractivity (Wildman–Crippen MR) is 140 cm³/mol. The zero-order chi connectivity index (χ0) is 25.2. The van der Waals surface area contributed by atoms with E-state index in [9.17, 15) is 8.42 Å². The van der Waals surface area contributed by atoms with Crippen LogP contribution in [0.5, 0.6) is 0 Å². The lowest BCUT2D eigenvalue weighted by molar-refractivity contribution is 0.344. The maximum Gasteiger partial charge on any atom is 0.237 e. The van der Waals surface area contributed by atoms with Crippen molar-refractivity contribution in [2.45, 2.75) is 51.3 Å². The minimum absolute atomic E-state index is 0.292. The molecule has 0 saturated carbocycles. The van der Waals surface area contributed by atoms with Gasteiger partial charge in [0.1, 0.15) is 5.82 Å². The molecular formula is C23H31ClN8O2S. The highest BCUT2D eigenvalue weighted by Gasteiger charge is 2.29. The van der Waals surface area contributed by atoms with Crippen LogP contribution in [0.25, 0.3) is 0 Å². The lowest BCUT2D eigenvalue weighted by atomic mass is 10.1. The van der Waals surface area contributed by atoms with Crippen molar-refractivity contribution in [1.82, 2.24) is 25.1 Å². The molecule has 0 amide bonds.